The number of carbonyl (C=O) groups excluding carboxylic acids is 1. The fourth-order valence-corrected chi connectivity index (χ4v) is 2.36. The summed E-state index contributed by atoms with van der Waals surface area (Å²) in [5.41, 5.74) is 5.35. The van der Waals surface area contributed by atoms with Crippen LogP contribution in [-0.4, -0.2) is 50.6 Å². The number of thioether (sulfide) groups is 1. The molecule has 1 saturated heterocycles. The Labute approximate surface area is 91.6 Å². The van der Waals surface area contributed by atoms with E-state index >= 15 is 0 Å². The lowest BCUT2D eigenvalue weighted by Gasteiger charge is -2.17. The third-order valence-electron chi connectivity index (χ3n) is 2.21. The summed E-state index contributed by atoms with van der Waals surface area (Å²) < 4.78 is 0. The molecule has 7 heteroatoms. The number of hydrogen-bond acceptors (Lipinski definition) is 5. The molecule has 1 fully saturated rings. The van der Waals surface area contributed by atoms with Crippen LogP contribution in [0, 0.1) is 0 Å². The zero-order valence-corrected chi connectivity index (χ0v) is 9.09. The molecule has 82 valence electrons. The van der Waals surface area contributed by atoms with Gasteiger partial charge in [0.15, 0.2) is 0 Å². The maximum absolute atomic E-state index is 11.9. The van der Waals surface area contributed by atoms with E-state index in [1.807, 2.05) is 11.8 Å². The number of nitrogens with zero attached hydrogens (tertiary/aromatic N) is 3. The Morgan fingerprint density at radius 2 is 2.33 bits per heavy atom. The van der Waals surface area contributed by atoms with Crippen LogP contribution in [0.1, 0.15) is 17.0 Å². The number of hydrogen-bond donors (Lipinski definition) is 2. The van der Waals surface area contributed by atoms with E-state index < -0.39 is 0 Å². The average molecular weight is 227 g/mol. The van der Waals surface area contributed by atoms with Crippen molar-refractivity contribution in [2.75, 3.05) is 30.3 Å². The van der Waals surface area contributed by atoms with Gasteiger partial charge in [-0.1, -0.05) is 0 Å². The molecule has 0 bridgehead atoms. The van der Waals surface area contributed by atoms with Gasteiger partial charge in [-0.25, -0.2) is 0 Å². The molecule has 0 spiro atoms. The maximum Gasteiger partial charge on any atom is 0.291 e. The molecule has 2 heterocycles. The second-order valence-corrected chi connectivity index (χ2v) is 4.53. The number of nitrogens with one attached hydrogen (secondary N) is 1. The monoisotopic (exact) mass is 227 g/mol. The molecule has 1 aliphatic rings. The van der Waals surface area contributed by atoms with Crippen molar-refractivity contribution in [1.82, 2.24) is 20.1 Å². The number of rotatable bonds is 1. The van der Waals surface area contributed by atoms with E-state index in [-0.39, 0.29) is 17.7 Å². The van der Waals surface area contributed by atoms with Gasteiger partial charge in [0.25, 0.3) is 5.91 Å². The number of nitrogen functional groups attached to an aromatic ring is 1. The number of aromatic amines is 1. The minimum atomic E-state index is -0.110. The van der Waals surface area contributed by atoms with E-state index in [9.17, 15) is 4.79 Å². The topological polar surface area (TPSA) is 87.9 Å². The van der Waals surface area contributed by atoms with Gasteiger partial charge < -0.3 is 10.6 Å². The molecule has 0 radical (unpaired) electrons. The number of amides is 1. The summed E-state index contributed by atoms with van der Waals surface area (Å²) in [6.45, 7) is 1.55. The first-order valence-corrected chi connectivity index (χ1v) is 5.98. The summed E-state index contributed by atoms with van der Waals surface area (Å²) in [5.74, 6) is 2.33. The van der Waals surface area contributed by atoms with Gasteiger partial charge in [0.05, 0.1) is 0 Å². The molecule has 0 aliphatic carbocycles. The van der Waals surface area contributed by atoms with E-state index in [4.69, 9.17) is 5.73 Å². The lowest BCUT2D eigenvalue weighted by Crippen LogP contribution is -2.33. The summed E-state index contributed by atoms with van der Waals surface area (Å²) >= 11 is 1.87. The van der Waals surface area contributed by atoms with E-state index in [0.717, 1.165) is 31.0 Å². The minimum absolute atomic E-state index is 0.110. The highest BCUT2D eigenvalue weighted by molar-refractivity contribution is 7.99. The third-order valence-corrected chi connectivity index (χ3v) is 3.26. The zero-order valence-electron chi connectivity index (χ0n) is 8.27. The molecule has 2 rings (SSSR count). The molecule has 1 amide bonds. The van der Waals surface area contributed by atoms with E-state index in [2.05, 4.69) is 15.2 Å². The van der Waals surface area contributed by atoms with Crippen molar-refractivity contribution in [2.24, 2.45) is 0 Å². The van der Waals surface area contributed by atoms with Gasteiger partial charge in [-0.3, -0.25) is 9.89 Å². The van der Waals surface area contributed by atoms with Crippen molar-refractivity contribution in [2.45, 2.75) is 6.42 Å². The van der Waals surface area contributed by atoms with Crippen LogP contribution in [0.3, 0.4) is 0 Å². The molecule has 0 atom stereocenters. The van der Waals surface area contributed by atoms with Crippen LogP contribution in [0.4, 0.5) is 5.95 Å². The molecule has 3 N–H and O–H groups in total. The summed E-state index contributed by atoms with van der Waals surface area (Å²) in [4.78, 5) is 17.5. The average Bonchev–Trinajstić information content (AvgIpc) is 2.53. The summed E-state index contributed by atoms with van der Waals surface area (Å²) in [6, 6.07) is 0. The fourth-order valence-electron chi connectivity index (χ4n) is 1.47. The van der Waals surface area contributed by atoms with Crippen LogP contribution >= 0.6 is 11.8 Å². The Kier molecular flexibility index (Phi) is 3.10. The Bertz CT molecular complexity index is 345. The van der Waals surface area contributed by atoms with Crippen molar-refractivity contribution in [3.05, 3.63) is 5.82 Å². The van der Waals surface area contributed by atoms with Crippen LogP contribution in [0.5, 0.6) is 0 Å². The van der Waals surface area contributed by atoms with Crippen LogP contribution in [0.2, 0.25) is 0 Å². The van der Waals surface area contributed by atoms with Crippen molar-refractivity contribution in [3.63, 3.8) is 0 Å². The lowest BCUT2D eigenvalue weighted by atomic mass is 10.4. The van der Waals surface area contributed by atoms with Gasteiger partial charge >= 0.3 is 0 Å². The van der Waals surface area contributed by atoms with Gasteiger partial charge in [0, 0.05) is 18.8 Å². The highest BCUT2D eigenvalue weighted by atomic mass is 32.2. The van der Waals surface area contributed by atoms with Gasteiger partial charge in [-0.15, -0.1) is 5.10 Å². The van der Waals surface area contributed by atoms with Crippen LogP contribution in [0.15, 0.2) is 0 Å². The second-order valence-electron chi connectivity index (χ2n) is 3.30. The van der Waals surface area contributed by atoms with Crippen molar-refractivity contribution in [3.8, 4) is 0 Å². The molecular formula is C8H13N5OS. The predicted octanol–water partition coefficient (Wildman–Crippen LogP) is -0.0340. The summed E-state index contributed by atoms with van der Waals surface area (Å²) in [7, 11) is 0. The molecule has 6 nitrogen and oxygen atoms in total. The first-order valence-electron chi connectivity index (χ1n) is 4.82. The molecule has 1 aromatic heterocycles. The predicted molar refractivity (Wildman–Crippen MR) is 58.6 cm³/mol. The Morgan fingerprint density at radius 3 is 3.07 bits per heavy atom. The number of anilines is 1. The van der Waals surface area contributed by atoms with Crippen LogP contribution < -0.4 is 5.73 Å². The van der Waals surface area contributed by atoms with Crippen molar-refractivity contribution >= 4 is 23.6 Å². The molecule has 1 aromatic rings. The smallest absolute Gasteiger partial charge is 0.291 e. The highest BCUT2D eigenvalue weighted by Crippen LogP contribution is 2.11. The fraction of sp³-hybridized carbons (Fsp3) is 0.625. The quantitative estimate of drug-likeness (QED) is 0.703. The first-order chi connectivity index (χ1) is 7.27. The zero-order chi connectivity index (χ0) is 10.7. The molecular weight excluding hydrogens is 214 g/mol. The first kappa shape index (κ1) is 10.3. The largest absolute Gasteiger partial charge is 0.366 e. The number of H-pyrrole nitrogens is 1. The number of carbonyl (C=O) groups is 1. The lowest BCUT2D eigenvalue weighted by molar-refractivity contribution is 0.0757. The number of aromatic nitrogens is 3. The summed E-state index contributed by atoms with van der Waals surface area (Å²) in [5, 5.41) is 6.18. The normalized spacial score (nSPS) is 17.5. The van der Waals surface area contributed by atoms with Gasteiger partial charge in [0.1, 0.15) is 0 Å². The molecule has 0 aromatic carbocycles. The molecule has 1 aliphatic heterocycles. The maximum atomic E-state index is 11.9. The Balaban J connectivity index is 2.06. The SMILES string of the molecule is Nc1n[nH]c(C(=O)N2CCCSCC2)n1. The van der Waals surface area contributed by atoms with E-state index in [1.165, 1.54) is 0 Å². The molecule has 0 unspecified atom stereocenters. The minimum Gasteiger partial charge on any atom is -0.366 e. The standard InChI is InChI=1S/C8H13N5OS/c9-8-10-6(11-12-8)7(14)13-2-1-4-15-5-3-13/h1-5H2,(H3,9,10,11,12). The van der Waals surface area contributed by atoms with Crippen LogP contribution in [0.25, 0.3) is 0 Å². The molecule has 0 saturated carbocycles. The molecule has 15 heavy (non-hydrogen) atoms. The Morgan fingerprint density at radius 1 is 1.47 bits per heavy atom. The second kappa shape index (κ2) is 4.52. The van der Waals surface area contributed by atoms with Crippen LogP contribution in [-0.2, 0) is 0 Å². The van der Waals surface area contributed by atoms with Crippen molar-refractivity contribution in [1.29, 1.82) is 0 Å². The summed E-state index contributed by atoms with van der Waals surface area (Å²) in [6.07, 6.45) is 1.03. The van der Waals surface area contributed by atoms with Gasteiger partial charge in [-0.05, 0) is 12.2 Å². The third kappa shape index (κ3) is 2.41. The van der Waals surface area contributed by atoms with Gasteiger partial charge in [-0.2, -0.15) is 16.7 Å². The van der Waals surface area contributed by atoms with Gasteiger partial charge in [0.2, 0.25) is 11.8 Å². The number of nitrogens with two attached hydrogens (primary N) is 1. The Hall–Kier alpha value is -1.24. The van der Waals surface area contributed by atoms with E-state index in [0.29, 0.717) is 0 Å². The van der Waals surface area contributed by atoms with E-state index in [1.54, 1.807) is 4.90 Å². The van der Waals surface area contributed by atoms with Crippen molar-refractivity contribution < 1.29 is 4.79 Å². The highest BCUT2D eigenvalue weighted by Gasteiger charge is 2.20.